The Morgan fingerprint density at radius 1 is 1.24 bits per heavy atom. The molecule has 0 aliphatic carbocycles. The molecule has 0 fully saturated rings. The number of carbonyl (C=O) groups is 1. The molecule has 0 aliphatic rings. The van der Waals surface area contributed by atoms with Gasteiger partial charge in [-0.15, -0.1) is 11.3 Å². The molecule has 25 heavy (non-hydrogen) atoms. The molecule has 0 aliphatic heterocycles. The summed E-state index contributed by atoms with van der Waals surface area (Å²) in [5.41, 5.74) is 2.25. The Morgan fingerprint density at radius 2 is 2.08 bits per heavy atom. The van der Waals surface area contributed by atoms with Gasteiger partial charge >= 0.3 is 0 Å². The summed E-state index contributed by atoms with van der Waals surface area (Å²) in [7, 11) is 1.54. The van der Waals surface area contributed by atoms with Crippen LogP contribution < -0.4 is 10.1 Å². The molecule has 0 unspecified atom stereocenters. The van der Waals surface area contributed by atoms with Crippen LogP contribution in [0.2, 0.25) is 10.0 Å². The molecule has 0 spiro atoms. The summed E-state index contributed by atoms with van der Waals surface area (Å²) in [5.74, 6) is 0.398. The number of benzene rings is 2. The third-order valence-corrected chi connectivity index (χ3v) is 4.87. The topological polar surface area (TPSA) is 51.2 Å². The molecule has 7 heteroatoms. The van der Waals surface area contributed by atoms with Gasteiger partial charge in [0.1, 0.15) is 10.8 Å². The van der Waals surface area contributed by atoms with Gasteiger partial charge in [0.2, 0.25) is 5.91 Å². The molecular formula is C18H14Cl2N2O2S. The molecule has 128 valence electrons. The van der Waals surface area contributed by atoms with E-state index in [1.165, 1.54) is 11.3 Å². The Bertz CT molecular complexity index is 912. The van der Waals surface area contributed by atoms with Crippen LogP contribution in [0.25, 0.3) is 10.6 Å². The minimum absolute atomic E-state index is 0.163. The fraction of sp³-hybridized carbons (Fsp3) is 0.111. The molecule has 0 saturated carbocycles. The van der Waals surface area contributed by atoms with E-state index < -0.39 is 0 Å². The van der Waals surface area contributed by atoms with Crippen LogP contribution in [0.1, 0.15) is 5.69 Å². The van der Waals surface area contributed by atoms with Crippen molar-refractivity contribution < 1.29 is 9.53 Å². The minimum Gasteiger partial charge on any atom is -0.495 e. The predicted octanol–water partition coefficient (Wildman–Crippen LogP) is 5.31. The lowest BCUT2D eigenvalue weighted by Gasteiger charge is -2.07. The maximum Gasteiger partial charge on any atom is 0.230 e. The highest BCUT2D eigenvalue weighted by Crippen LogP contribution is 2.28. The first-order chi connectivity index (χ1) is 12.0. The molecule has 2 aromatic carbocycles. The molecule has 1 N–H and O–H groups in total. The van der Waals surface area contributed by atoms with Crippen molar-refractivity contribution in [2.45, 2.75) is 6.42 Å². The van der Waals surface area contributed by atoms with Crippen molar-refractivity contribution in [3.8, 4) is 16.3 Å². The number of thiazole rings is 1. The lowest BCUT2D eigenvalue weighted by molar-refractivity contribution is -0.115. The number of nitrogens with zero attached hydrogens (tertiary/aromatic N) is 1. The number of aromatic nitrogens is 1. The minimum atomic E-state index is -0.163. The lowest BCUT2D eigenvalue weighted by atomic mass is 10.2. The molecule has 0 radical (unpaired) electrons. The number of hydrogen-bond acceptors (Lipinski definition) is 4. The van der Waals surface area contributed by atoms with Crippen molar-refractivity contribution in [1.29, 1.82) is 0 Å². The summed E-state index contributed by atoms with van der Waals surface area (Å²) in [6.07, 6.45) is 0.181. The summed E-state index contributed by atoms with van der Waals surface area (Å²) in [6, 6.07) is 12.6. The maximum atomic E-state index is 12.2. The molecule has 0 bridgehead atoms. The standard InChI is InChI=1S/C18H14Cl2N2O2S/c1-24-16-6-5-13(8-15(16)20)21-17(23)9-14-10-25-18(22-14)11-3-2-4-12(19)7-11/h2-8,10H,9H2,1H3,(H,21,23). The van der Waals surface area contributed by atoms with E-state index in [9.17, 15) is 4.79 Å². The second-order valence-electron chi connectivity index (χ2n) is 5.23. The summed E-state index contributed by atoms with van der Waals surface area (Å²) in [6.45, 7) is 0. The van der Waals surface area contributed by atoms with Crippen molar-refractivity contribution >= 4 is 46.1 Å². The second kappa shape index (κ2) is 7.87. The van der Waals surface area contributed by atoms with Crippen LogP contribution >= 0.6 is 34.5 Å². The zero-order chi connectivity index (χ0) is 17.8. The Hall–Kier alpha value is -2.08. The highest BCUT2D eigenvalue weighted by Gasteiger charge is 2.11. The number of ether oxygens (including phenoxy) is 1. The summed E-state index contributed by atoms with van der Waals surface area (Å²) >= 11 is 13.5. The monoisotopic (exact) mass is 392 g/mol. The summed E-state index contributed by atoms with van der Waals surface area (Å²) in [4.78, 5) is 16.7. The molecular weight excluding hydrogens is 379 g/mol. The number of halogens is 2. The van der Waals surface area contributed by atoms with E-state index in [0.29, 0.717) is 27.2 Å². The van der Waals surface area contributed by atoms with Crippen LogP contribution in [-0.4, -0.2) is 18.0 Å². The number of carbonyl (C=O) groups excluding carboxylic acids is 1. The first kappa shape index (κ1) is 17.7. The molecule has 0 atom stereocenters. The van der Waals surface area contributed by atoms with Gasteiger partial charge in [-0.2, -0.15) is 0 Å². The number of amides is 1. The van der Waals surface area contributed by atoms with Crippen molar-refractivity contribution in [3.63, 3.8) is 0 Å². The van der Waals surface area contributed by atoms with E-state index in [2.05, 4.69) is 10.3 Å². The Balaban J connectivity index is 1.66. The number of nitrogens with one attached hydrogen (secondary N) is 1. The molecule has 1 aromatic heterocycles. The number of rotatable bonds is 5. The zero-order valence-electron chi connectivity index (χ0n) is 13.3. The van der Waals surface area contributed by atoms with Crippen LogP contribution in [0, 0.1) is 0 Å². The average Bonchev–Trinajstić information content (AvgIpc) is 3.03. The normalized spacial score (nSPS) is 10.5. The fourth-order valence-corrected chi connectivity index (χ4v) is 3.52. The van der Waals surface area contributed by atoms with Crippen LogP contribution in [-0.2, 0) is 11.2 Å². The highest BCUT2D eigenvalue weighted by atomic mass is 35.5. The maximum absolute atomic E-state index is 12.2. The van der Waals surface area contributed by atoms with Crippen molar-refractivity contribution in [2.75, 3.05) is 12.4 Å². The van der Waals surface area contributed by atoms with Crippen molar-refractivity contribution in [1.82, 2.24) is 4.98 Å². The SMILES string of the molecule is COc1ccc(NC(=O)Cc2csc(-c3cccc(Cl)c3)n2)cc1Cl. The molecule has 0 saturated heterocycles. The quantitative estimate of drug-likeness (QED) is 0.640. The highest BCUT2D eigenvalue weighted by molar-refractivity contribution is 7.13. The van der Waals surface area contributed by atoms with Gasteiger partial charge < -0.3 is 10.1 Å². The van der Waals surface area contributed by atoms with Crippen LogP contribution in [0.3, 0.4) is 0 Å². The number of anilines is 1. The zero-order valence-corrected chi connectivity index (χ0v) is 15.6. The molecule has 1 heterocycles. The molecule has 4 nitrogen and oxygen atoms in total. The van der Waals surface area contributed by atoms with Gasteiger partial charge in [0.15, 0.2) is 0 Å². The average molecular weight is 393 g/mol. The Morgan fingerprint density at radius 3 is 2.80 bits per heavy atom. The second-order valence-corrected chi connectivity index (χ2v) is 6.93. The van der Waals surface area contributed by atoms with Gasteiger partial charge in [0, 0.05) is 21.7 Å². The van der Waals surface area contributed by atoms with Gasteiger partial charge in [-0.25, -0.2) is 4.98 Å². The largest absolute Gasteiger partial charge is 0.495 e. The molecule has 3 rings (SSSR count). The lowest BCUT2D eigenvalue weighted by Crippen LogP contribution is -2.14. The number of hydrogen-bond donors (Lipinski definition) is 1. The van der Waals surface area contributed by atoms with E-state index in [1.807, 2.05) is 29.6 Å². The first-order valence-electron chi connectivity index (χ1n) is 7.39. The van der Waals surface area contributed by atoms with E-state index in [-0.39, 0.29) is 12.3 Å². The van der Waals surface area contributed by atoms with E-state index in [4.69, 9.17) is 27.9 Å². The van der Waals surface area contributed by atoms with Crippen LogP contribution in [0.4, 0.5) is 5.69 Å². The predicted molar refractivity (Wildman–Crippen MR) is 103 cm³/mol. The van der Waals surface area contributed by atoms with E-state index in [1.54, 1.807) is 25.3 Å². The summed E-state index contributed by atoms with van der Waals surface area (Å²) in [5, 5.41) is 6.61. The third kappa shape index (κ3) is 4.51. The Kier molecular flexibility index (Phi) is 5.58. The van der Waals surface area contributed by atoms with Crippen LogP contribution in [0.15, 0.2) is 47.8 Å². The van der Waals surface area contributed by atoms with Gasteiger partial charge in [-0.1, -0.05) is 35.3 Å². The van der Waals surface area contributed by atoms with Gasteiger partial charge in [-0.05, 0) is 30.3 Å². The van der Waals surface area contributed by atoms with Crippen molar-refractivity contribution in [3.05, 3.63) is 63.6 Å². The van der Waals surface area contributed by atoms with Crippen molar-refractivity contribution in [2.24, 2.45) is 0 Å². The van der Waals surface area contributed by atoms with Gasteiger partial charge in [0.25, 0.3) is 0 Å². The van der Waals surface area contributed by atoms with Gasteiger partial charge in [-0.3, -0.25) is 4.79 Å². The molecule has 3 aromatic rings. The first-order valence-corrected chi connectivity index (χ1v) is 9.02. The van der Waals surface area contributed by atoms with Crippen LogP contribution in [0.5, 0.6) is 5.75 Å². The molecule has 1 amide bonds. The Labute approximate surface area is 159 Å². The third-order valence-electron chi connectivity index (χ3n) is 3.40. The fourth-order valence-electron chi connectivity index (χ4n) is 2.26. The van der Waals surface area contributed by atoms with E-state index in [0.717, 1.165) is 10.6 Å². The summed E-state index contributed by atoms with van der Waals surface area (Å²) < 4.78 is 5.09. The van der Waals surface area contributed by atoms with Gasteiger partial charge in [0.05, 0.1) is 24.2 Å². The number of methoxy groups -OCH3 is 1. The van der Waals surface area contributed by atoms with E-state index >= 15 is 0 Å². The smallest absolute Gasteiger partial charge is 0.230 e.